The second-order valence-corrected chi connectivity index (χ2v) is 6.39. The molecule has 0 aliphatic rings. The van der Waals surface area contributed by atoms with Crippen molar-refractivity contribution in [1.82, 2.24) is 9.78 Å². The summed E-state index contributed by atoms with van der Waals surface area (Å²) in [6.07, 6.45) is -0.841. The summed E-state index contributed by atoms with van der Waals surface area (Å²) in [6.45, 7) is 5.49. The molecule has 0 saturated carbocycles. The van der Waals surface area contributed by atoms with Crippen LogP contribution in [0.5, 0.6) is 5.88 Å². The van der Waals surface area contributed by atoms with E-state index >= 15 is 0 Å². The SMILES string of the molecule is Cc1cccc(NC(=O)[C@@H](C)Oc2ccc(=O)n(-c3ccc(F)cc3)n2)c1C. The van der Waals surface area contributed by atoms with Gasteiger partial charge in [-0.3, -0.25) is 9.59 Å². The number of benzene rings is 2. The number of nitrogens with zero attached hydrogens (tertiary/aromatic N) is 2. The number of aryl methyl sites for hydroxylation is 1. The Balaban J connectivity index is 1.76. The minimum absolute atomic E-state index is 0.104. The Morgan fingerprint density at radius 3 is 2.54 bits per heavy atom. The average Bonchev–Trinajstić information content (AvgIpc) is 2.67. The standard InChI is InChI=1S/C21H20FN3O3/c1-13-5-4-6-18(14(13)2)23-21(27)15(3)28-19-11-12-20(26)25(24-19)17-9-7-16(22)8-10-17/h4-12,15H,1-3H3,(H,23,27)/t15-/m1/s1. The fourth-order valence-corrected chi connectivity index (χ4v) is 2.58. The molecule has 0 saturated heterocycles. The van der Waals surface area contributed by atoms with Crippen LogP contribution >= 0.6 is 0 Å². The van der Waals surface area contributed by atoms with Crippen LogP contribution in [0.1, 0.15) is 18.1 Å². The molecule has 0 bridgehead atoms. The minimum Gasteiger partial charge on any atom is -0.463 e. The molecule has 28 heavy (non-hydrogen) atoms. The number of halogens is 1. The summed E-state index contributed by atoms with van der Waals surface area (Å²) in [5.41, 5.74) is 2.76. The normalized spacial score (nSPS) is 11.7. The first-order chi connectivity index (χ1) is 13.3. The Labute approximate surface area is 161 Å². The number of carbonyl (C=O) groups is 1. The molecular weight excluding hydrogens is 361 g/mol. The molecule has 3 rings (SSSR count). The number of amides is 1. The zero-order valence-corrected chi connectivity index (χ0v) is 15.8. The van der Waals surface area contributed by atoms with Gasteiger partial charge in [-0.05, 0) is 62.2 Å². The van der Waals surface area contributed by atoms with Crippen molar-refractivity contribution in [3.63, 3.8) is 0 Å². The van der Waals surface area contributed by atoms with Crippen molar-refractivity contribution < 1.29 is 13.9 Å². The summed E-state index contributed by atoms with van der Waals surface area (Å²) in [5.74, 6) is -0.650. The van der Waals surface area contributed by atoms with Crippen molar-refractivity contribution in [2.24, 2.45) is 0 Å². The molecule has 1 amide bonds. The summed E-state index contributed by atoms with van der Waals surface area (Å²) in [6, 6.07) is 13.7. The molecule has 7 heteroatoms. The van der Waals surface area contributed by atoms with Crippen LogP contribution in [0.4, 0.5) is 10.1 Å². The van der Waals surface area contributed by atoms with E-state index in [4.69, 9.17) is 4.74 Å². The van der Waals surface area contributed by atoms with E-state index in [1.165, 1.54) is 36.4 Å². The Morgan fingerprint density at radius 1 is 1.11 bits per heavy atom. The first kappa shape index (κ1) is 19.3. The van der Waals surface area contributed by atoms with Gasteiger partial charge in [0.25, 0.3) is 11.5 Å². The van der Waals surface area contributed by atoms with Crippen LogP contribution in [0.15, 0.2) is 59.4 Å². The number of ether oxygens (including phenoxy) is 1. The van der Waals surface area contributed by atoms with E-state index in [0.717, 1.165) is 15.8 Å². The van der Waals surface area contributed by atoms with E-state index in [1.807, 2.05) is 32.0 Å². The van der Waals surface area contributed by atoms with Gasteiger partial charge in [-0.15, -0.1) is 5.10 Å². The topological polar surface area (TPSA) is 73.2 Å². The highest BCUT2D eigenvalue weighted by Gasteiger charge is 2.17. The van der Waals surface area contributed by atoms with Gasteiger partial charge in [0.05, 0.1) is 5.69 Å². The van der Waals surface area contributed by atoms with Gasteiger partial charge in [-0.1, -0.05) is 12.1 Å². The molecule has 3 aromatic rings. The van der Waals surface area contributed by atoms with E-state index in [0.29, 0.717) is 11.4 Å². The molecule has 0 fully saturated rings. The zero-order valence-electron chi connectivity index (χ0n) is 15.8. The van der Waals surface area contributed by atoms with Crippen LogP contribution in [-0.2, 0) is 4.79 Å². The summed E-state index contributed by atoms with van der Waals surface area (Å²) >= 11 is 0. The highest BCUT2D eigenvalue weighted by molar-refractivity contribution is 5.94. The average molecular weight is 381 g/mol. The van der Waals surface area contributed by atoms with Gasteiger partial charge in [0.2, 0.25) is 5.88 Å². The number of aromatic nitrogens is 2. The predicted octanol–water partition coefficient (Wildman–Crippen LogP) is 3.39. The van der Waals surface area contributed by atoms with Crippen LogP contribution in [0.2, 0.25) is 0 Å². The van der Waals surface area contributed by atoms with Crippen molar-refractivity contribution >= 4 is 11.6 Å². The van der Waals surface area contributed by atoms with E-state index in [-0.39, 0.29) is 11.8 Å². The summed E-state index contributed by atoms with van der Waals surface area (Å²) < 4.78 is 19.8. The number of hydrogen-bond donors (Lipinski definition) is 1. The largest absolute Gasteiger partial charge is 0.463 e. The molecule has 1 atom stereocenters. The molecule has 0 spiro atoms. The third kappa shape index (κ3) is 4.25. The number of nitrogens with one attached hydrogen (secondary N) is 1. The predicted molar refractivity (Wildman–Crippen MR) is 104 cm³/mol. The van der Waals surface area contributed by atoms with Crippen molar-refractivity contribution in [2.45, 2.75) is 26.9 Å². The summed E-state index contributed by atoms with van der Waals surface area (Å²) in [4.78, 5) is 24.5. The van der Waals surface area contributed by atoms with Gasteiger partial charge < -0.3 is 10.1 Å². The Kier molecular flexibility index (Phi) is 5.54. The molecular formula is C21H20FN3O3. The van der Waals surface area contributed by atoms with Crippen LogP contribution in [0.3, 0.4) is 0 Å². The first-order valence-electron chi connectivity index (χ1n) is 8.75. The van der Waals surface area contributed by atoms with Crippen molar-refractivity contribution in [1.29, 1.82) is 0 Å². The maximum absolute atomic E-state index is 13.1. The van der Waals surface area contributed by atoms with Crippen LogP contribution in [0.25, 0.3) is 5.69 Å². The van der Waals surface area contributed by atoms with E-state index in [9.17, 15) is 14.0 Å². The van der Waals surface area contributed by atoms with Gasteiger partial charge >= 0.3 is 0 Å². The van der Waals surface area contributed by atoms with Gasteiger partial charge in [-0.2, -0.15) is 4.68 Å². The summed E-state index contributed by atoms with van der Waals surface area (Å²) in [7, 11) is 0. The Hall–Kier alpha value is -3.48. The van der Waals surface area contributed by atoms with E-state index in [1.54, 1.807) is 6.92 Å². The number of carbonyl (C=O) groups excluding carboxylic acids is 1. The molecule has 144 valence electrons. The number of hydrogen-bond acceptors (Lipinski definition) is 4. The zero-order chi connectivity index (χ0) is 20.3. The molecule has 0 unspecified atom stereocenters. The highest BCUT2D eigenvalue weighted by atomic mass is 19.1. The minimum atomic E-state index is -0.841. The third-order valence-electron chi connectivity index (χ3n) is 4.38. The van der Waals surface area contributed by atoms with Gasteiger partial charge in [0.1, 0.15) is 5.82 Å². The van der Waals surface area contributed by atoms with Gasteiger partial charge in [0, 0.05) is 17.8 Å². The smallest absolute Gasteiger partial charge is 0.271 e. The lowest BCUT2D eigenvalue weighted by Gasteiger charge is -2.16. The Morgan fingerprint density at radius 2 is 1.82 bits per heavy atom. The lowest BCUT2D eigenvalue weighted by atomic mass is 10.1. The monoisotopic (exact) mass is 381 g/mol. The number of anilines is 1. The molecule has 1 aromatic heterocycles. The maximum Gasteiger partial charge on any atom is 0.271 e. The van der Waals surface area contributed by atoms with E-state index < -0.39 is 17.5 Å². The quantitative estimate of drug-likeness (QED) is 0.735. The fourth-order valence-electron chi connectivity index (χ4n) is 2.58. The molecule has 0 radical (unpaired) electrons. The second kappa shape index (κ2) is 8.04. The maximum atomic E-state index is 13.1. The van der Waals surface area contributed by atoms with Crippen molar-refractivity contribution in [2.75, 3.05) is 5.32 Å². The molecule has 0 aliphatic carbocycles. The molecule has 6 nitrogen and oxygen atoms in total. The third-order valence-corrected chi connectivity index (χ3v) is 4.38. The van der Waals surface area contributed by atoms with Crippen LogP contribution in [0, 0.1) is 19.7 Å². The van der Waals surface area contributed by atoms with Crippen LogP contribution in [-0.4, -0.2) is 21.8 Å². The van der Waals surface area contributed by atoms with Gasteiger partial charge in [0.15, 0.2) is 6.10 Å². The number of rotatable bonds is 5. The van der Waals surface area contributed by atoms with Gasteiger partial charge in [-0.25, -0.2) is 4.39 Å². The lowest BCUT2D eigenvalue weighted by Crippen LogP contribution is -2.31. The molecule has 1 N–H and O–H groups in total. The van der Waals surface area contributed by atoms with Crippen molar-refractivity contribution in [3.8, 4) is 11.6 Å². The van der Waals surface area contributed by atoms with Crippen molar-refractivity contribution in [3.05, 3.63) is 81.9 Å². The van der Waals surface area contributed by atoms with E-state index in [2.05, 4.69) is 10.4 Å². The second-order valence-electron chi connectivity index (χ2n) is 6.39. The first-order valence-corrected chi connectivity index (χ1v) is 8.75. The molecule has 1 heterocycles. The summed E-state index contributed by atoms with van der Waals surface area (Å²) in [5, 5.41) is 6.95. The lowest BCUT2D eigenvalue weighted by molar-refractivity contribution is -0.122. The Bertz CT molecular complexity index is 1060. The fraction of sp³-hybridized carbons (Fsp3) is 0.190. The molecule has 2 aromatic carbocycles. The molecule has 0 aliphatic heterocycles. The highest BCUT2D eigenvalue weighted by Crippen LogP contribution is 2.18. The van der Waals surface area contributed by atoms with Crippen LogP contribution < -0.4 is 15.6 Å².